The van der Waals surface area contributed by atoms with Crippen molar-refractivity contribution in [2.24, 2.45) is 0 Å². The van der Waals surface area contributed by atoms with Crippen molar-refractivity contribution in [3.63, 3.8) is 0 Å². The van der Waals surface area contributed by atoms with Crippen LogP contribution in [-0.4, -0.2) is 60.9 Å². The van der Waals surface area contributed by atoms with Gasteiger partial charge in [-0.1, -0.05) is 83.6 Å². The van der Waals surface area contributed by atoms with Gasteiger partial charge in [0.15, 0.2) is 11.5 Å². The standard InChI is InChI=1S/C56H66N2O10/c1-4-33-66-56(61)47-25-32-52(67-41-43-19-30-50(57-39-43)45-21-26-48(27-22-45)62-34-15-11-7-9-13-17-36-64-54(59)5-2)53(38-47)68-42-44-20-31-51(58-40-44)46-23-28-49(29-24-46)63-35-16-12-8-10-14-18-37-65-55(60)6-3/h5-6,19-32,38-40H,2-4,7-18,33-37,41-42H2,1H3. The molecule has 2 heterocycles. The average molecular weight is 927 g/mol. The molecule has 0 N–H and O–H groups in total. The first-order chi connectivity index (χ1) is 33.3. The number of unbranched alkanes of at least 4 members (excludes halogenated alkanes) is 10. The number of carbonyl (C=O) groups excluding carboxylic acids is 3. The summed E-state index contributed by atoms with van der Waals surface area (Å²) < 4.78 is 39.9. The molecule has 0 atom stereocenters. The summed E-state index contributed by atoms with van der Waals surface area (Å²) in [6.45, 7) is 11.7. The molecule has 0 aliphatic heterocycles. The molecular weight excluding hydrogens is 861 g/mol. The fraction of sp³-hybridized carbons (Fsp3) is 0.375. The second-order valence-corrected chi connectivity index (χ2v) is 16.2. The summed E-state index contributed by atoms with van der Waals surface area (Å²) in [5.74, 6) is 1.37. The maximum Gasteiger partial charge on any atom is 0.338 e. The van der Waals surface area contributed by atoms with E-state index in [-0.39, 0.29) is 25.2 Å². The van der Waals surface area contributed by atoms with Gasteiger partial charge in [0.2, 0.25) is 0 Å². The van der Waals surface area contributed by atoms with E-state index in [1.165, 1.54) is 12.2 Å². The van der Waals surface area contributed by atoms with Crippen LogP contribution >= 0.6 is 0 Å². The molecule has 0 saturated carbocycles. The molecule has 0 aliphatic rings. The van der Waals surface area contributed by atoms with Gasteiger partial charge in [0, 0.05) is 46.8 Å². The smallest absolute Gasteiger partial charge is 0.338 e. The van der Waals surface area contributed by atoms with E-state index in [9.17, 15) is 14.4 Å². The van der Waals surface area contributed by atoms with Crippen LogP contribution in [0.4, 0.5) is 0 Å². The number of esters is 3. The predicted molar refractivity (Wildman–Crippen MR) is 264 cm³/mol. The van der Waals surface area contributed by atoms with E-state index in [2.05, 4.69) is 13.2 Å². The summed E-state index contributed by atoms with van der Waals surface area (Å²) in [6, 6.07) is 28.8. The summed E-state index contributed by atoms with van der Waals surface area (Å²) in [7, 11) is 0. The minimum atomic E-state index is -0.427. The van der Waals surface area contributed by atoms with E-state index in [0.29, 0.717) is 50.1 Å². The molecule has 0 amide bonds. The van der Waals surface area contributed by atoms with Crippen molar-refractivity contribution in [2.75, 3.05) is 33.0 Å². The van der Waals surface area contributed by atoms with Gasteiger partial charge in [-0.25, -0.2) is 14.4 Å². The lowest BCUT2D eigenvalue weighted by molar-refractivity contribution is -0.138. The van der Waals surface area contributed by atoms with Crippen LogP contribution in [0.2, 0.25) is 0 Å². The summed E-state index contributed by atoms with van der Waals surface area (Å²) in [4.78, 5) is 44.4. The van der Waals surface area contributed by atoms with E-state index in [1.807, 2.05) is 79.7 Å². The van der Waals surface area contributed by atoms with Gasteiger partial charge in [0.1, 0.15) is 24.7 Å². The Labute approximate surface area is 401 Å². The molecule has 12 nitrogen and oxygen atoms in total. The highest BCUT2D eigenvalue weighted by Gasteiger charge is 2.15. The van der Waals surface area contributed by atoms with E-state index < -0.39 is 5.97 Å². The Morgan fingerprint density at radius 3 is 1.34 bits per heavy atom. The highest BCUT2D eigenvalue weighted by Crippen LogP contribution is 2.31. The van der Waals surface area contributed by atoms with Crippen molar-refractivity contribution in [2.45, 2.75) is 104 Å². The molecule has 0 spiro atoms. The van der Waals surface area contributed by atoms with Crippen molar-refractivity contribution < 1.29 is 47.5 Å². The Kier molecular flexibility index (Phi) is 23.2. The first-order valence-electron chi connectivity index (χ1n) is 23.9. The largest absolute Gasteiger partial charge is 0.494 e. The Balaban J connectivity index is 1.05. The lowest BCUT2D eigenvalue weighted by Gasteiger charge is -2.15. The minimum absolute atomic E-state index is 0.203. The molecule has 5 rings (SSSR count). The number of benzene rings is 3. The van der Waals surface area contributed by atoms with Crippen LogP contribution in [0, 0.1) is 0 Å². The number of aromatic nitrogens is 2. The number of rotatable bonds is 33. The molecule has 0 saturated heterocycles. The molecule has 0 aliphatic carbocycles. The second-order valence-electron chi connectivity index (χ2n) is 16.2. The number of nitrogens with zero attached hydrogens (tertiary/aromatic N) is 2. The van der Waals surface area contributed by atoms with Crippen LogP contribution in [0.3, 0.4) is 0 Å². The van der Waals surface area contributed by atoms with Crippen molar-refractivity contribution in [1.29, 1.82) is 0 Å². The fourth-order valence-electron chi connectivity index (χ4n) is 6.94. The number of carbonyl (C=O) groups is 3. The highest BCUT2D eigenvalue weighted by molar-refractivity contribution is 5.90. The lowest BCUT2D eigenvalue weighted by Crippen LogP contribution is -2.07. The van der Waals surface area contributed by atoms with Crippen molar-refractivity contribution >= 4 is 17.9 Å². The highest BCUT2D eigenvalue weighted by atomic mass is 16.5. The molecule has 68 heavy (non-hydrogen) atoms. The molecule has 12 heteroatoms. The Bertz CT molecular complexity index is 2280. The first-order valence-corrected chi connectivity index (χ1v) is 23.9. The van der Waals surface area contributed by atoms with Crippen LogP contribution < -0.4 is 18.9 Å². The summed E-state index contributed by atoms with van der Waals surface area (Å²) >= 11 is 0. The maximum absolute atomic E-state index is 12.8. The molecule has 0 radical (unpaired) electrons. The van der Waals surface area contributed by atoms with Crippen LogP contribution in [0.1, 0.15) is 112 Å². The van der Waals surface area contributed by atoms with Crippen molar-refractivity contribution in [3.8, 4) is 45.5 Å². The Morgan fingerprint density at radius 2 is 0.912 bits per heavy atom. The van der Waals surface area contributed by atoms with Gasteiger partial charge in [-0.2, -0.15) is 0 Å². The monoisotopic (exact) mass is 926 g/mol. The fourth-order valence-corrected chi connectivity index (χ4v) is 6.94. The molecule has 5 aromatic rings. The number of hydrogen-bond donors (Lipinski definition) is 0. The van der Waals surface area contributed by atoms with Gasteiger partial charge in [0.05, 0.1) is 50.0 Å². The molecule has 360 valence electrons. The summed E-state index contributed by atoms with van der Waals surface area (Å²) in [6.07, 6.45) is 19.1. The molecule has 2 aromatic heterocycles. The van der Waals surface area contributed by atoms with E-state index in [1.54, 1.807) is 30.6 Å². The zero-order chi connectivity index (χ0) is 48.0. The lowest BCUT2D eigenvalue weighted by atomic mass is 10.1. The Morgan fingerprint density at radius 1 is 0.471 bits per heavy atom. The average Bonchev–Trinajstić information content (AvgIpc) is 3.38. The molecular formula is C56H66N2O10. The van der Waals surface area contributed by atoms with Gasteiger partial charge >= 0.3 is 17.9 Å². The normalized spacial score (nSPS) is 10.7. The summed E-state index contributed by atoms with van der Waals surface area (Å²) in [5.41, 5.74) is 5.69. The van der Waals surface area contributed by atoms with Crippen molar-refractivity contribution in [1.82, 2.24) is 9.97 Å². The number of ether oxygens (including phenoxy) is 7. The third kappa shape index (κ3) is 19.1. The Hall–Kier alpha value is -6.95. The predicted octanol–water partition coefficient (Wildman–Crippen LogP) is 12.4. The molecule has 0 bridgehead atoms. The first kappa shape index (κ1) is 52.0. The SMILES string of the molecule is C=CC(=O)OCCCCCCCCOc1ccc(-c2ccc(COc3ccc(C(=O)OCCC)cc3OCc3ccc(-c4ccc(OCCCCCCCCOC(=O)C=C)cc4)nc3)cn2)cc1. The molecule has 3 aromatic carbocycles. The maximum atomic E-state index is 12.8. The summed E-state index contributed by atoms with van der Waals surface area (Å²) in [5, 5.41) is 0. The third-order valence-electron chi connectivity index (χ3n) is 10.8. The number of pyridine rings is 2. The van der Waals surface area contributed by atoms with Gasteiger partial charge < -0.3 is 33.2 Å². The van der Waals surface area contributed by atoms with Gasteiger partial charge in [-0.15, -0.1) is 0 Å². The van der Waals surface area contributed by atoms with Gasteiger partial charge in [-0.3, -0.25) is 9.97 Å². The van der Waals surface area contributed by atoms with Crippen molar-refractivity contribution in [3.05, 3.63) is 145 Å². The zero-order valence-electron chi connectivity index (χ0n) is 39.5. The zero-order valence-corrected chi connectivity index (χ0v) is 39.5. The molecule has 0 fully saturated rings. The molecule has 0 unspecified atom stereocenters. The minimum Gasteiger partial charge on any atom is -0.494 e. The van der Waals surface area contributed by atoms with Crippen LogP contribution in [0.5, 0.6) is 23.0 Å². The van der Waals surface area contributed by atoms with Gasteiger partial charge in [-0.05, 0) is 111 Å². The van der Waals surface area contributed by atoms with E-state index in [0.717, 1.165) is 129 Å². The quantitative estimate of drug-likeness (QED) is 0.0171. The van der Waals surface area contributed by atoms with Crippen LogP contribution in [0.25, 0.3) is 22.5 Å². The van der Waals surface area contributed by atoms with Crippen LogP contribution in [0.15, 0.2) is 129 Å². The van der Waals surface area contributed by atoms with Crippen LogP contribution in [-0.2, 0) is 37.0 Å². The third-order valence-corrected chi connectivity index (χ3v) is 10.8. The number of hydrogen-bond acceptors (Lipinski definition) is 12. The van der Waals surface area contributed by atoms with E-state index >= 15 is 0 Å². The van der Waals surface area contributed by atoms with Gasteiger partial charge in [0.25, 0.3) is 0 Å². The van der Waals surface area contributed by atoms with E-state index in [4.69, 9.17) is 43.1 Å². The second kappa shape index (κ2) is 30.4. The topological polar surface area (TPSA) is 142 Å².